The van der Waals surface area contributed by atoms with Crippen LogP contribution in [0.5, 0.6) is 0 Å². The Morgan fingerprint density at radius 2 is 2.14 bits per heavy atom. The van der Waals surface area contributed by atoms with Gasteiger partial charge in [0.25, 0.3) is 0 Å². The quantitative estimate of drug-likeness (QED) is 0.617. The first-order valence-corrected chi connectivity index (χ1v) is 7.01. The molecule has 1 aromatic carbocycles. The summed E-state index contributed by atoms with van der Waals surface area (Å²) in [5, 5.41) is 9.41. The summed E-state index contributed by atoms with van der Waals surface area (Å²) in [6, 6.07) is 8.12. The zero-order chi connectivity index (χ0) is 10.4. The topological polar surface area (TPSA) is 20.2 Å². The lowest BCUT2D eigenvalue weighted by molar-refractivity contribution is 0.199. The van der Waals surface area contributed by atoms with E-state index in [1.165, 1.54) is 10.6 Å². The van der Waals surface area contributed by atoms with Gasteiger partial charge in [-0.3, -0.25) is 0 Å². The zero-order valence-electron chi connectivity index (χ0n) is 8.56. The molecule has 0 aromatic heterocycles. The maximum atomic E-state index is 9.41. The van der Waals surface area contributed by atoms with E-state index in [0.29, 0.717) is 0 Å². The third-order valence-corrected chi connectivity index (χ3v) is 3.76. The lowest BCUT2D eigenvalue weighted by atomic mass is 10.1. The molecule has 1 rings (SSSR count). The molecule has 78 valence electrons. The summed E-state index contributed by atoms with van der Waals surface area (Å²) in [5.41, 5.74) is 0.999. The van der Waals surface area contributed by atoms with Gasteiger partial charge in [-0.2, -0.15) is 11.8 Å². The van der Waals surface area contributed by atoms with Crippen LogP contribution in [0.15, 0.2) is 29.2 Å². The average molecular weight is 228 g/mol. The van der Waals surface area contributed by atoms with Crippen molar-refractivity contribution in [2.75, 3.05) is 17.8 Å². The van der Waals surface area contributed by atoms with Crippen molar-refractivity contribution in [3.05, 3.63) is 29.8 Å². The fourth-order valence-electron chi connectivity index (χ4n) is 1.11. The van der Waals surface area contributed by atoms with Crippen molar-refractivity contribution in [1.29, 1.82) is 0 Å². The van der Waals surface area contributed by atoms with Crippen molar-refractivity contribution in [2.24, 2.45) is 0 Å². The van der Waals surface area contributed by atoms with E-state index in [4.69, 9.17) is 0 Å². The lowest BCUT2D eigenvalue weighted by Crippen LogP contribution is -1.91. The molecule has 0 amide bonds. The average Bonchev–Trinajstić information content (AvgIpc) is 2.19. The molecule has 1 nitrogen and oxygen atoms in total. The van der Waals surface area contributed by atoms with Crippen LogP contribution in [0.3, 0.4) is 0 Å². The molecule has 1 aromatic rings. The molecule has 0 radical (unpaired) electrons. The first kappa shape index (κ1) is 12.0. The minimum absolute atomic E-state index is 0.365. The summed E-state index contributed by atoms with van der Waals surface area (Å²) in [6.45, 7) is 1.80. The van der Waals surface area contributed by atoms with Gasteiger partial charge in [-0.25, -0.2) is 0 Å². The van der Waals surface area contributed by atoms with Crippen molar-refractivity contribution in [2.45, 2.75) is 17.9 Å². The van der Waals surface area contributed by atoms with Crippen LogP contribution in [0, 0.1) is 0 Å². The van der Waals surface area contributed by atoms with E-state index < -0.39 is 0 Å². The molecule has 0 fully saturated rings. The number of hydrogen-bond acceptors (Lipinski definition) is 3. The van der Waals surface area contributed by atoms with Crippen molar-refractivity contribution in [3.8, 4) is 0 Å². The van der Waals surface area contributed by atoms with Crippen LogP contribution in [0.25, 0.3) is 0 Å². The van der Waals surface area contributed by atoms with E-state index in [-0.39, 0.29) is 6.10 Å². The molecular formula is C11H16OS2. The summed E-state index contributed by atoms with van der Waals surface area (Å²) in [5.74, 6) is 2.30. The highest BCUT2D eigenvalue weighted by molar-refractivity contribution is 8.02. The van der Waals surface area contributed by atoms with Gasteiger partial charge in [-0.05, 0) is 30.9 Å². The Labute approximate surface area is 94.3 Å². The molecule has 0 bridgehead atoms. The number of hydrogen-bond donors (Lipinski definition) is 1. The molecule has 0 aliphatic carbocycles. The van der Waals surface area contributed by atoms with Crippen molar-refractivity contribution < 1.29 is 5.11 Å². The first-order chi connectivity index (χ1) is 6.74. The highest BCUT2D eigenvalue weighted by Gasteiger charge is 2.01. The molecule has 0 saturated heterocycles. The van der Waals surface area contributed by atoms with E-state index >= 15 is 0 Å². The summed E-state index contributed by atoms with van der Waals surface area (Å²) < 4.78 is 0. The molecule has 1 unspecified atom stereocenters. The number of rotatable bonds is 5. The monoisotopic (exact) mass is 228 g/mol. The maximum Gasteiger partial charge on any atom is 0.0762 e. The number of thioether (sulfide) groups is 2. The van der Waals surface area contributed by atoms with E-state index in [0.717, 1.165) is 11.3 Å². The first-order valence-electron chi connectivity index (χ1n) is 4.64. The Balaban J connectivity index is 2.55. The third-order valence-electron chi connectivity index (χ3n) is 1.90. The van der Waals surface area contributed by atoms with Crippen molar-refractivity contribution in [1.82, 2.24) is 0 Å². The van der Waals surface area contributed by atoms with Crippen molar-refractivity contribution >= 4 is 23.5 Å². The number of aliphatic hydroxyl groups excluding tert-OH is 1. The Morgan fingerprint density at radius 3 is 2.79 bits per heavy atom. The summed E-state index contributed by atoms with van der Waals surface area (Å²) in [4.78, 5) is 1.25. The predicted octanol–water partition coefficient (Wildman–Crippen LogP) is 3.20. The van der Waals surface area contributed by atoms with Crippen molar-refractivity contribution in [3.63, 3.8) is 0 Å². The second-order valence-electron chi connectivity index (χ2n) is 3.09. The highest BCUT2D eigenvalue weighted by atomic mass is 32.2. The van der Waals surface area contributed by atoms with Gasteiger partial charge in [-0.1, -0.05) is 12.1 Å². The molecule has 14 heavy (non-hydrogen) atoms. The van der Waals surface area contributed by atoms with Gasteiger partial charge >= 0.3 is 0 Å². The van der Waals surface area contributed by atoms with Gasteiger partial charge in [-0.15, -0.1) is 11.8 Å². The Morgan fingerprint density at radius 1 is 1.36 bits per heavy atom. The summed E-state index contributed by atoms with van der Waals surface area (Å²) >= 11 is 3.71. The van der Waals surface area contributed by atoms with Gasteiger partial charge in [0.05, 0.1) is 6.10 Å². The van der Waals surface area contributed by atoms with Gasteiger partial charge in [0, 0.05) is 16.4 Å². The molecule has 0 aliphatic heterocycles. The molecule has 0 saturated carbocycles. The summed E-state index contributed by atoms with van der Waals surface area (Å²) in [7, 11) is 0. The number of benzene rings is 1. The van der Waals surface area contributed by atoms with Crippen LogP contribution in [0.4, 0.5) is 0 Å². The van der Waals surface area contributed by atoms with Crippen LogP contribution in [-0.4, -0.2) is 22.9 Å². The molecule has 0 spiro atoms. The second-order valence-corrected chi connectivity index (χ2v) is 5.24. The van der Waals surface area contributed by atoms with Crippen LogP contribution in [0.1, 0.15) is 18.6 Å². The smallest absolute Gasteiger partial charge is 0.0762 e. The third kappa shape index (κ3) is 3.95. The van der Waals surface area contributed by atoms with E-state index in [2.05, 4.69) is 18.4 Å². The Hall–Kier alpha value is -0.120. The highest BCUT2D eigenvalue weighted by Crippen LogP contribution is 2.22. The standard InChI is InChI=1S/C11H16OS2/c1-9(12)10-4-3-5-11(8-10)14-7-6-13-2/h3-5,8-9,12H,6-7H2,1-2H3. The Bertz CT molecular complexity index is 274. The molecule has 1 N–H and O–H groups in total. The van der Waals surface area contributed by atoms with E-state index in [1.54, 1.807) is 6.92 Å². The zero-order valence-corrected chi connectivity index (χ0v) is 10.2. The van der Waals surface area contributed by atoms with E-state index in [9.17, 15) is 5.11 Å². The fourth-order valence-corrected chi connectivity index (χ4v) is 2.74. The molecule has 0 heterocycles. The van der Waals surface area contributed by atoms with Gasteiger partial charge < -0.3 is 5.11 Å². The van der Waals surface area contributed by atoms with Gasteiger partial charge in [0.15, 0.2) is 0 Å². The molecule has 1 atom stereocenters. The lowest BCUT2D eigenvalue weighted by Gasteiger charge is -2.06. The number of aliphatic hydroxyl groups is 1. The van der Waals surface area contributed by atoms with Crippen LogP contribution in [0.2, 0.25) is 0 Å². The molecular weight excluding hydrogens is 212 g/mol. The van der Waals surface area contributed by atoms with Gasteiger partial charge in [0.1, 0.15) is 0 Å². The fraction of sp³-hybridized carbons (Fsp3) is 0.455. The Kier molecular flexibility index (Phi) is 5.45. The minimum Gasteiger partial charge on any atom is -0.389 e. The van der Waals surface area contributed by atoms with E-state index in [1.807, 2.05) is 35.7 Å². The van der Waals surface area contributed by atoms with Crippen LogP contribution < -0.4 is 0 Å². The van der Waals surface area contributed by atoms with Gasteiger partial charge in [0.2, 0.25) is 0 Å². The maximum absolute atomic E-state index is 9.41. The minimum atomic E-state index is -0.365. The van der Waals surface area contributed by atoms with Crippen LogP contribution >= 0.6 is 23.5 Å². The SMILES string of the molecule is CSCCSc1cccc(C(C)O)c1. The normalized spacial score (nSPS) is 12.8. The largest absolute Gasteiger partial charge is 0.389 e. The molecule has 0 aliphatic rings. The van der Waals surface area contributed by atoms with Crippen LogP contribution in [-0.2, 0) is 0 Å². The molecule has 3 heteroatoms. The summed E-state index contributed by atoms with van der Waals surface area (Å²) in [6.07, 6.45) is 1.75. The predicted molar refractivity (Wildman–Crippen MR) is 66.2 cm³/mol. The second kappa shape index (κ2) is 6.38.